The first-order chi connectivity index (χ1) is 11.5. The first-order valence-electron chi connectivity index (χ1n) is 8.46. The summed E-state index contributed by atoms with van der Waals surface area (Å²) in [6.07, 6.45) is 0.410. The largest absolute Gasteiger partial charge is 0.484 e. The average molecular weight is 300 g/mol. The molecule has 0 saturated carbocycles. The van der Waals surface area contributed by atoms with Crippen molar-refractivity contribution in [2.45, 2.75) is 12.5 Å². The highest BCUT2D eigenvalue weighted by molar-refractivity contribution is 7.10. The number of ether oxygens (including phenoxy) is 1. The fourth-order valence-corrected chi connectivity index (χ4v) is 3.18. The van der Waals surface area contributed by atoms with Crippen LogP contribution in [0.3, 0.4) is 0 Å². The molecule has 0 radical (unpaired) electrons. The van der Waals surface area contributed by atoms with Crippen LogP contribution in [0.2, 0.25) is 0 Å². The minimum Gasteiger partial charge on any atom is -0.484 e. The first kappa shape index (κ1) is 10.8. The molecule has 2 aromatic carbocycles. The van der Waals surface area contributed by atoms with E-state index in [1.54, 1.807) is 11.3 Å². The zero-order valence-electron chi connectivity index (χ0n) is 14.6. The van der Waals surface area contributed by atoms with Crippen molar-refractivity contribution in [3.63, 3.8) is 0 Å². The van der Waals surface area contributed by atoms with Gasteiger partial charge in [-0.3, -0.25) is 0 Å². The number of nitrogens with one attached hydrogen (secondary N) is 1. The van der Waals surface area contributed by atoms with Crippen molar-refractivity contribution in [3.05, 3.63) is 64.9 Å². The van der Waals surface area contributed by atoms with Gasteiger partial charge < -0.3 is 10.1 Å². The van der Waals surface area contributed by atoms with Gasteiger partial charge in [0.25, 0.3) is 0 Å². The van der Waals surface area contributed by atoms with E-state index in [1.807, 2.05) is 47.8 Å². The molecule has 3 aromatic rings. The molecule has 108 valence electrons. The molecular weight excluding hydrogens is 278 g/mol. The molecule has 2 nitrogen and oxygen atoms in total. The number of hydrogen-bond acceptors (Lipinski definition) is 3. The van der Waals surface area contributed by atoms with Gasteiger partial charge in [-0.1, -0.05) is 42.5 Å². The summed E-state index contributed by atoms with van der Waals surface area (Å²) in [7, 11) is 0. The maximum Gasteiger partial charge on any atom is 0.134 e. The maximum absolute atomic E-state index is 7.26. The van der Waals surface area contributed by atoms with Gasteiger partial charge in [-0.05, 0) is 36.4 Å². The number of rotatable bonds is 6. The molecule has 0 saturated heterocycles. The topological polar surface area (TPSA) is 21.3 Å². The highest BCUT2D eigenvalue weighted by Gasteiger charge is 2.15. The van der Waals surface area contributed by atoms with Gasteiger partial charge >= 0.3 is 0 Å². The molecule has 0 aliphatic carbocycles. The fraction of sp³-hybridized carbons (Fsp3) is 0.222. The van der Waals surface area contributed by atoms with Gasteiger partial charge in [0, 0.05) is 20.8 Å². The third-order valence-corrected chi connectivity index (χ3v) is 4.38. The third kappa shape index (κ3) is 3.26. The van der Waals surface area contributed by atoms with Crippen LogP contribution in [0.1, 0.15) is 21.5 Å². The van der Waals surface area contributed by atoms with Crippen molar-refractivity contribution in [1.29, 1.82) is 0 Å². The van der Waals surface area contributed by atoms with Crippen molar-refractivity contribution < 1.29 is 8.85 Å². The SMILES string of the molecule is [2H]C([2H])([2H])NCC[C@H](Oc1cccc2ccccc12)c1cccs1. The zero-order valence-corrected chi connectivity index (χ0v) is 12.4. The number of benzene rings is 2. The van der Waals surface area contributed by atoms with Crippen LogP contribution in [0.15, 0.2) is 60.0 Å². The molecular formula is C18H19NOS. The summed E-state index contributed by atoms with van der Waals surface area (Å²) in [6.45, 7) is -1.76. The molecule has 1 N–H and O–H groups in total. The third-order valence-electron chi connectivity index (χ3n) is 3.41. The van der Waals surface area contributed by atoms with E-state index in [-0.39, 0.29) is 6.10 Å². The quantitative estimate of drug-likeness (QED) is 0.716. The minimum absolute atomic E-state index is 0.175. The van der Waals surface area contributed by atoms with Crippen LogP contribution in [-0.2, 0) is 0 Å². The van der Waals surface area contributed by atoms with Crippen LogP contribution in [0.5, 0.6) is 5.75 Å². The van der Waals surface area contributed by atoms with Crippen LogP contribution in [0, 0.1) is 0 Å². The molecule has 1 aromatic heterocycles. The molecule has 1 heterocycles. The lowest BCUT2D eigenvalue weighted by atomic mass is 10.1. The zero-order chi connectivity index (χ0) is 17.0. The monoisotopic (exact) mass is 300 g/mol. The molecule has 0 bridgehead atoms. The van der Waals surface area contributed by atoms with Crippen molar-refractivity contribution in [2.24, 2.45) is 0 Å². The van der Waals surface area contributed by atoms with Gasteiger partial charge in [-0.15, -0.1) is 11.3 Å². The molecule has 3 heteroatoms. The van der Waals surface area contributed by atoms with Crippen LogP contribution in [-0.4, -0.2) is 13.5 Å². The Kier molecular flexibility index (Phi) is 3.48. The van der Waals surface area contributed by atoms with Gasteiger partial charge in [0.05, 0.1) is 0 Å². The van der Waals surface area contributed by atoms with Crippen LogP contribution >= 0.6 is 11.3 Å². The lowest BCUT2D eigenvalue weighted by Crippen LogP contribution is -2.15. The number of thiophene rings is 1. The van der Waals surface area contributed by atoms with E-state index < -0.39 is 6.98 Å². The van der Waals surface area contributed by atoms with E-state index in [1.165, 1.54) is 0 Å². The highest BCUT2D eigenvalue weighted by Crippen LogP contribution is 2.32. The summed E-state index contributed by atoms with van der Waals surface area (Å²) in [5.41, 5.74) is 0. The molecule has 1 atom stereocenters. The summed E-state index contributed by atoms with van der Waals surface area (Å²) in [5, 5.41) is 6.75. The van der Waals surface area contributed by atoms with Crippen molar-refractivity contribution >= 4 is 22.1 Å². The Balaban J connectivity index is 1.81. The first-order valence-corrected chi connectivity index (χ1v) is 7.84. The predicted octanol–water partition coefficient (Wildman–Crippen LogP) is 4.63. The fourth-order valence-electron chi connectivity index (χ4n) is 2.39. The van der Waals surface area contributed by atoms with E-state index in [0.29, 0.717) is 13.0 Å². The second kappa shape index (κ2) is 6.74. The summed E-state index contributed by atoms with van der Waals surface area (Å²) in [4.78, 5) is 1.09. The normalized spacial score (nSPS) is 15.1. The number of fused-ring (bicyclic) bond motifs is 1. The molecule has 0 fully saturated rings. The van der Waals surface area contributed by atoms with Crippen LogP contribution in [0.25, 0.3) is 10.8 Å². The Hall–Kier alpha value is -1.84. The van der Waals surface area contributed by atoms with E-state index >= 15 is 0 Å². The summed E-state index contributed by atoms with van der Waals surface area (Å²) < 4.78 is 28.1. The lowest BCUT2D eigenvalue weighted by molar-refractivity contribution is 0.201. The van der Waals surface area contributed by atoms with E-state index in [4.69, 9.17) is 8.85 Å². The standard InChI is InChI=1S/C18H19NOS/c1-19-12-11-17(18-10-5-13-21-18)20-16-9-4-7-14-6-2-3-8-15(14)16/h2-10,13,17,19H,11-12H2,1H3/t17-/m0/s1/i1D3. The van der Waals surface area contributed by atoms with Crippen LogP contribution in [0.4, 0.5) is 0 Å². The van der Waals surface area contributed by atoms with Gasteiger partial charge in [-0.25, -0.2) is 0 Å². The molecule has 3 rings (SSSR count). The van der Waals surface area contributed by atoms with Crippen molar-refractivity contribution in [3.8, 4) is 5.75 Å². The predicted molar refractivity (Wildman–Crippen MR) is 90.2 cm³/mol. The molecule has 0 aliphatic rings. The molecule has 21 heavy (non-hydrogen) atoms. The second-order valence-corrected chi connectivity index (χ2v) is 5.79. The highest BCUT2D eigenvalue weighted by atomic mass is 32.1. The lowest BCUT2D eigenvalue weighted by Gasteiger charge is -2.19. The van der Waals surface area contributed by atoms with Gasteiger partial charge in [0.2, 0.25) is 0 Å². The van der Waals surface area contributed by atoms with E-state index in [2.05, 4.69) is 17.4 Å². The molecule has 0 spiro atoms. The summed E-state index contributed by atoms with van der Waals surface area (Å²) >= 11 is 1.62. The van der Waals surface area contributed by atoms with Gasteiger partial charge in [0.1, 0.15) is 11.9 Å². The minimum atomic E-state index is -2.13. The summed E-state index contributed by atoms with van der Waals surface area (Å²) in [6, 6.07) is 18.1. The Morgan fingerprint density at radius 2 is 2.05 bits per heavy atom. The summed E-state index contributed by atoms with van der Waals surface area (Å²) in [5.74, 6) is 0.820. The van der Waals surface area contributed by atoms with Crippen molar-refractivity contribution in [2.75, 3.05) is 13.5 Å². The molecule has 0 aliphatic heterocycles. The van der Waals surface area contributed by atoms with E-state index in [9.17, 15) is 0 Å². The van der Waals surface area contributed by atoms with Crippen LogP contribution < -0.4 is 10.1 Å². The second-order valence-electron chi connectivity index (χ2n) is 4.81. The average Bonchev–Trinajstić information content (AvgIpc) is 3.07. The smallest absolute Gasteiger partial charge is 0.134 e. The van der Waals surface area contributed by atoms with Gasteiger partial charge in [0.15, 0.2) is 0 Å². The van der Waals surface area contributed by atoms with Gasteiger partial charge in [-0.2, -0.15) is 0 Å². The molecule has 0 unspecified atom stereocenters. The Bertz CT molecular complexity index is 781. The maximum atomic E-state index is 7.26. The Morgan fingerprint density at radius 3 is 2.90 bits per heavy atom. The Morgan fingerprint density at radius 1 is 1.14 bits per heavy atom. The van der Waals surface area contributed by atoms with Crippen molar-refractivity contribution in [1.82, 2.24) is 5.32 Å². The molecule has 0 amide bonds. The number of hydrogen-bond donors (Lipinski definition) is 1. The Labute approximate surface area is 133 Å². The van der Waals surface area contributed by atoms with E-state index in [0.717, 1.165) is 21.4 Å².